The van der Waals surface area contributed by atoms with E-state index in [1.54, 1.807) is 13.1 Å². The van der Waals surface area contributed by atoms with Gasteiger partial charge in [-0.3, -0.25) is 9.69 Å². The second kappa shape index (κ2) is 7.38. The van der Waals surface area contributed by atoms with E-state index in [9.17, 15) is 4.79 Å². The van der Waals surface area contributed by atoms with Crippen LogP contribution in [0.4, 0.5) is 0 Å². The van der Waals surface area contributed by atoms with Gasteiger partial charge in [0.2, 0.25) is 0 Å². The Labute approximate surface area is 153 Å². The molecule has 5 nitrogen and oxygen atoms in total. The number of piperidine rings is 1. The van der Waals surface area contributed by atoms with Gasteiger partial charge in [-0.05, 0) is 37.1 Å². The van der Waals surface area contributed by atoms with Crippen LogP contribution in [0.1, 0.15) is 42.4 Å². The van der Waals surface area contributed by atoms with Crippen molar-refractivity contribution in [3.05, 3.63) is 60.0 Å². The van der Waals surface area contributed by atoms with Crippen LogP contribution in [0.3, 0.4) is 0 Å². The van der Waals surface area contributed by atoms with E-state index in [-0.39, 0.29) is 5.78 Å². The van der Waals surface area contributed by atoms with Crippen LogP contribution in [0.2, 0.25) is 0 Å². The Morgan fingerprint density at radius 1 is 1.15 bits per heavy atom. The van der Waals surface area contributed by atoms with Gasteiger partial charge in [0, 0.05) is 32.3 Å². The first-order chi connectivity index (χ1) is 12.7. The fourth-order valence-corrected chi connectivity index (χ4v) is 3.90. The number of hydrogen-bond acceptors (Lipinski definition) is 4. The molecule has 134 valence electrons. The zero-order chi connectivity index (χ0) is 17.9. The number of carbonyl (C=O) groups excluding carboxylic acids is 1. The summed E-state index contributed by atoms with van der Waals surface area (Å²) < 4.78 is 2.02. The summed E-state index contributed by atoms with van der Waals surface area (Å²) in [6.45, 7) is 4.38. The summed E-state index contributed by atoms with van der Waals surface area (Å²) in [4.78, 5) is 23.7. The largest absolute Gasteiger partial charge is 0.305 e. The van der Waals surface area contributed by atoms with Crippen molar-refractivity contribution in [1.82, 2.24) is 19.4 Å². The Balaban J connectivity index is 1.63. The monoisotopic (exact) mass is 348 g/mol. The molecule has 2 aromatic heterocycles. The van der Waals surface area contributed by atoms with E-state index in [0.717, 1.165) is 37.2 Å². The Morgan fingerprint density at radius 3 is 2.81 bits per heavy atom. The highest BCUT2D eigenvalue weighted by Crippen LogP contribution is 2.23. The molecular weight excluding hydrogens is 324 g/mol. The molecule has 3 aromatic rings. The SMILES string of the molecule is CC(=O)c1nc2cccnc2n1CC1CCCCN1Cc1ccccc1. The van der Waals surface area contributed by atoms with Crippen LogP contribution in [0, 0.1) is 0 Å². The Hall–Kier alpha value is -2.53. The molecular formula is C21H24N4O. The van der Waals surface area contributed by atoms with Gasteiger partial charge < -0.3 is 4.57 Å². The van der Waals surface area contributed by atoms with Gasteiger partial charge in [0.05, 0.1) is 0 Å². The number of nitrogens with zero attached hydrogens (tertiary/aromatic N) is 4. The molecule has 4 rings (SSSR count). The fourth-order valence-electron chi connectivity index (χ4n) is 3.90. The first-order valence-electron chi connectivity index (χ1n) is 9.32. The van der Waals surface area contributed by atoms with E-state index >= 15 is 0 Å². The molecule has 3 heterocycles. The number of hydrogen-bond donors (Lipinski definition) is 0. The van der Waals surface area contributed by atoms with Gasteiger partial charge in [-0.25, -0.2) is 9.97 Å². The molecule has 0 bridgehead atoms. The minimum Gasteiger partial charge on any atom is -0.305 e. The van der Waals surface area contributed by atoms with Crippen molar-refractivity contribution in [1.29, 1.82) is 0 Å². The number of ketones is 1. The number of fused-ring (bicyclic) bond motifs is 1. The molecule has 1 saturated heterocycles. The van der Waals surface area contributed by atoms with Crippen molar-refractivity contribution in [2.45, 2.75) is 45.3 Å². The lowest BCUT2D eigenvalue weighted by atomic mass is 10.0. The molecule has 1 atom stereocenters. The third-order valence-corrected chi connectivity index (χ3v) is 5.19. The molecule has 1 aromatic carbocycles. The standard InChI is InChI=1S/C21H24N4O/c1-16(26)20-23-19-11-7-12-22-21(19)25(20)15-18-10-5-6-13-24(18)14-17-8-3-2-4-9-17/h2-4,7-9,11-12,18H,5-6,10,13-15H2,1H3. The van der Waals surface area contributed by atoms with Gasteiger partial charge in [-0.15, -0.1) is 0 Å². The molecule has 1 fully saturated rings. The van der Waals surface area contributed by atoms with Crippen molar-refractivity contribution in [2.24, 2.45) is 0 Å². The highest BCUT2D eigenvalue weighted by atomic mass is 16.1. The number of benzene rings is 1. The number of pyridine rings is 1. The smallest absolute Gasteiger partial charge is 0.195 e. The van der Waals surface area contributed by atoms with E-state index in [0.29, 0.717) is 11.9 Å². The quantitative estimate of drug-likeness (QED) is 0.660. The zero-order valence-electron chi connectivity index (χ0n) is 15.1. The van der Waals surface area contributed by atoms with E-state index in [1.807, 2.05) is 16.7 Å². The molecule has 0 aliphatic carbocycles. The maximum absolute atomic E-state index is 12.1. The minimum atomic E-state index is -0.00609. The molecule has 1 aliphatic rings. The Bertz CT molecular complexity index is 903. The molecule has 1 aliphatic heterocycles. The van der Waals surface area contributed by atoms with E-state index in [1.165, 1.54) is 18.4 Å². The second-order valence-electron chi connectivity index (χ2n) is 7.05. The lowest BCUT2D eigenvalue weighted by Crippen LogP contribution is -2.42. The number of carbonyl (C=O) groups is 1. The third-order valence-electron chi connectivity index (χ3n) is 5.19. The van der Waals surface area contributed by atoms with Crippen molar-refractivity contribution in [3.63, 3.8) is 0 Å². The number of Topliss-reactive ketones (excluding diaryl/α,β-unsaturated/α-hetero) is 1. The molecule has 0 amide bonds. The van der Waals surface area contributed by atoms with E-state index in [4.69, 9.17) is 0 Å². The summed E-state index contributed by atoms with van der Waals surface area (Å²) in [5, 5.41) is 0. The van der Waals surface area contributed by atoms with Gasteiger partial charge in [0.1, 0.15) is 5.52 Å². The molecule has 0 saturated carbocycles. The third kappa shape index (κ3) is 3.40. The van der Waals surface area contributed by atoms with Gasteiger partial charge >= 0.3 is 0 Å². The summed E-state index contributed by atoms with van der Waals surface area (Å²) in [7, 11) is 0. The minimum absolute atomic E-state index is 0.00609. The Morgan fingerprint density at radius 2 is 2.00 bits per heavy atom. The predicted octanol–water partition coefficient (Wildman–Crippen LogP) is 3.69. The first-order valence-corrected chi connectivity index (χ1v) is 9.32. The maximum Gasteiger partial charge on any atom is 0.195 e. The van der Waals surface area contributed by atoms with Crippen molar-refractivity contribution < 1.29 is 4.79 Å². The number of imidazole rings is 1. The van der Waals surface area contributed by atoms with Gasteiger partial charge in [-0.2, -0.15) is 0 Å². The van der Waals surface area contributed by atoms with Crippen LogP contribution in [0.5, 0.6) is 0 Å². The molecule has 0 N–H and O–H groups in total. The lowest BCUT2D eigenvalue weighted by Gasteiger charge is -2.36. The van der Waals surface area contributed by atoms with Crippen LogP contribution in [-0.2, 0) is 13.1 Å². The van der Waals surface area contributed by atoms with Crippen LogP contribution in [0.15, 0.2) is 48.7 Å². The summed E-state index contributed by atoms with van der Waals surface area (Å²) in [5.41, 5.74) is 2.94. The van der Waals surface area contributed by atoms with Gasteiger partial charge in [0.25, 0.3) is 0 Å². The second-order valence-corrected chi connectivity index (χ2v) is 7.05. The van der Waals surface area contributed by atoms with Crippen molar-refractivity contribution in [3.8, 4) is 0 Å². The number of likely N-dealkylation sites (tertiary alicyclic amines) is 1. The van der Waals surface area contributed by atoms with Gasteiger partial charge in [-0.1, -0.05) is 36.8 Å². The summed E-state index contributed by atoms with van der Waals surface area (Å²) >= 11 is 0. The maximum atomic E-state index is 12.1. The van der Waals surface area contributed by atoms with E-state index in [2.05, 4.69) is 45.2 Å². The van der Waals surface area contributed by atoms with Crippen LogP contribution >= 0.6 is 0 Å². The average Bonchev–Trinajstić information content (AvgIpc) is 3.03. The highest BCUT2D eigenvalue weighted by molar-refractivity contribution is 5.94. The van der Waals surface area contributed by atoms with Crippen molar-refractivity contribution in [2.75, 3.05) is 6.54 Å². The zero-order valence-corrected chi connectivity index (χ0v) is 15.1. The van der Waals surface area contributed by atoms with Gasteiger partial charge in [0.15, 0.2) is 17.3 Å². The average molecular weight is 348 g/mol. The molecule has 1 unspecified atom stereocenters. The summed E-state index contributed by atoms with van der Waals surface area (Å²) in [6, 6.07) is 14.8. The molecule has 0 radical (unpaired) electrons. The summed E-state index contributed by atoms with van der Waals surface area (Å²) in [5.74, 6) is 0.511. The van der Waals surface area contributed by atoms with Crippen LogP contribution < -0.4 is 0 Å². The highest BCUT2D eigenvalue weighted by Gasteiger charge is 2.25. The Kier molecular flexibility index (Phi) is 4.80. The topological polar surface area (TPSA) is 51.0 Å². The fraction of sp³-hybridized carbons (Fsp3) is 0.381. The lowest BCUT2D eigenvalue weighted by molar-refractivity contribution is 0.0987. The molecule has 26 heavy (non-hydrogen) atoms. The predicted molar refractivity (Wildman–Crippen MR) is 102 cm³/mol. The molecule has 0 spiro atoms. The van der Waals surface area contributed by atoms with Crippen molar-refractivity contribution >= 4 is 16.9 Å². The first kappa shape index (κ1) is 16.9. The van der Waals surface area contributed by atoms with Crippen LogP contribution in [-0.4, -0.2) is 37.8 Å². The van der Waals surface area contributed by atoms with Crippen LogP contribution in [0.25, 0.3) is 11.2 Å². The number of rotatable bonds is 5. The summed E-state index contributed by atoms with van der Waals surface area (Å²) in [6.07, 6.45) is 5.36. The molecule has 5 heteroatoms. The number of aromatic nitrogens is 3. The normalized spacial score (nSPS) is 18.3. The van der Waals surface area contributed by atoms with E-state index < -0.39 is 0 Å².